The maximum atomic E-state index is 12.9. The third kappa shape index (κ3) is 4.83. The van der Waals surface area contributed by atoms with Gasteiger partial charge in [-0.15, -0.1) is 11.3 Å². The first kappa shape index (κ1) is 21.6. The first-order valence-corrected chi connectivity index (χ1v) is 11.2. The largest absolute Gasteiger partial charge is 0.343 e. The van der Waals surface area contributed by atoms with E-state index in [0.717, 1.165) is 28.3 Å². The van der Waals surface area contributed by atoms with E-state index in [1.165, 1.54) is 18.3 Å². The van der Waals surface area contributed by atoms with Crippen molar-refractivity contribution in [3.8, 4) is 0 Å². The van der Waals surface area contributed by atoms with Crippen molar-refractivity contribution in [3.05, 3.63) is 70.2 Å². The molecule has 2 N–H and O–H groups in total. The molecular formula is C23H24N6O2S. The van der Waals surface area contributed by atoms with Crippen molar-refractivity contribution in [2.75, 3.05) is 5.32 Å². The average Bonchev–Trinajstić information content (AvgIpc) is 3.39. The Kier molecular flexibility index (Phi) is 6.27. The number of benzene rings is 1. The minimum atomic E-state index is -0.248. The molecule has 0 radical (unpaired) electrons. The maximum Gasteiger partial charge on any atom is 0.251 e. The fraction of sp³-hybridized carbons (Fsp3) is 0.261. The summed E-state index contributed by atoms with van der Waals surface area (Å²) >= 11 is 1.51. The predicted molar refractivity (Wildman–Crippen MR) is 125 cm³/mol. The SMILES string of the molecule is CC(=O)Nc1cc(C(=O)N[C@H](C)c2nc(C)cs2)cc2ncn(CCc3ccccn3)c12. The van der Waals surface area contributed by atoms with Crippen molar-refractivity contribution in [1.29, 1.82) is 0 Å². The highest BCUT2D eigenvalue weighted by Gasteiger charge is 2.18. The zero-order valence-electron chi connectivity index (χ0n) is 18.1. The third-order valence-electron chi connectivity index (χ3n) is 4.98. The number of hydrogen-bond donors (Lipinski definition) is 2. The molecule has 1 atom stereocenters. The lowest BCUT2D eigenvalue weighted by Gasteiger charge is -2.14. The minimum Gasteiger partial charge on any atom is -0.343 e. The second kappa shape index (κ2) is 9.27. The molecule has 1 aromatic carbocycles. The van der Waals surface area contributed by atoms with Crippen LogP contribution in [0.5, 0.6) is 0 Å². The van der Waals surface area contributed by atoms with Crippen LogP contribution >= 0.6 is 11.3 Å². The van der Waals surface area contributed by atoms with Crippen molar-refractivity contribution in [2.24, 2.45) is 0 Å². The van der Waals surface area contributed by atoms with Crippen LogP contribution in [0.15, 0.2) is 48.2 Å². The topological polar surface area (TPSA) is 102 Å². The first-order valence-electron chi connectivity index (χ1n) is 10.3. The number of imidazole rings is 1. The molecule has 9 heteroatoms. The average molecular weight is 449 g/mol. The zero-order valence-corrected chi connectivity index (χ0v) is 18.9. The number of hydrogen-bond acceptors (Lipinski definition) is 6. The van der Waals surface area contributed by atoms with Gasteiger partial charge in [0.05, 0.1) is 29.1 Å². The zero-order chi connectivity index (χ0) is 22.7. The van der Waals surface area contributed by atoms with E-state index in [1.54, 1.807) is 24.7 Å². The molecule has 8 nitrogen and oxygen atoms in total. The van der Waals surface area contributed by atoms with Crippen LogP contribution in [0.3, 0.4) is 0 Å². The van der Waals surface area contributed by atoms with Gasteiger partial charge < -0.3 is 15.2 Å². The number of carbonyl (C=O) groups is 2. The number of nitrogens with one attached hydrogen (secondary N) is 2. The lowest BCUT2D eigenvalue weighted by atomic mass is 10.1. The van der Waals surface area contributed by atoms with Gasteiger partial charge in [-0.2, -0.15) is 0 Å². The molecule has 3 heterocycles. The molecule has 0 saturated heterocycles. The summed E-state index contributed by atoms with van der Waals surface area (Å²) in [5, 5.41) is 8.63. The van der Waals surface area contributed by atoms with Crippen LogP contribution in [-0.2, 0) is 17.8 Å². The molecule has 0 aliphatic carbocycles. The van der Waals surface area contributed by atoms with Crippen molar-refractivity contribution < 1.29 is 9.59 Å². The number of aryl methyl sites for hydroxylation is 3. The number of amides is 2. The number of fused-ring (bicyclic) bond motifs is 1. The minimum absolute atomic E-state index is 0.215. The van der Waals surface area contributed by atoms with Gasteiger partial charge in [-0.05, 0) is 38.1 Å². The molecule has 0 aliphatic heterocycles. The molecule has 32 heavy (non-hydrogen) atoms. The highest BCUT2D eigenvalue weighted by molar-refractivity contribution is 7.09. The van der Waals surface area contributed by atoms with Crippen LogP contribution in [0.2, 0.25) is 0 Å². The van der Waals surface area contributed by atoms with E-state index in [9.17, 15) is 9.59 Å². The summed E-state index contributed by atoms with van der Waals surface area (Å²) in [6, 6.07) is 9.02. The summed E-state index contributed by atoms with van der Waals surface area (Å²) in [5.41, 5.74) is 4.29. The monoisotopic (exact) mass is 448 g/mol. The summed E-state index contributed by atoms with van der Waals surface area (Å²) < 4.78 is 1.97. The standard InChI is InChI=1S/C23H24N6O2S/c1-14-12-32-23(26-14)15(2)27-22(31)17-10-19-21(20(11-17)28-16(3)30)29(13-25-19)9-7-18-6-4-5-8-24-18/h4-6,8,10-13,15H,7,9H2,1-3H3,(H,27,31)(H,28,30)/t15-/m1/s1. The fourth-order valence-corrected chi connectivity index (χ4v) is 4.29. The number of pyridine rings is 1. The lowest BCUT2D eigenvalue weighted by Crippen LogP contribution is -2.26. The van der Waals surface area contributed by atoms with E-state index in [0.29, 0.717) is 23.3 Å². The Bertz CT molecular complexity index is 1260. The number of thiazole rings is 1. The summed E-state index contributed by atoms with van der Waals surface area (Å²) in [6.45, 7) is 5.91. The number of rotatable bonds is 7. The summed E-state index contributed by atoms with van der Waals surface area (Å²) in [5.74, 6) is -0.463. The van der Waals surface area contributed by atoms with Gasteiger partial charge in [0, 0.05) is 48.4 Å². The van der Waals surface area contributed by atoms with Crippen LogP contribution in [0.4, 0.5) is 5.69 Å². The van der Waals surface area contributed by atoms with E-state index in [4.69, 9.17) is 0 Å². The van der Waals surface area contributed by atoms with Crippen molar-refractivity contribution in [3.63, 3.8) is 0 Å². The molecule has 0 spiro atoms. The van der Waals surface area contributed by atoms with E-state index < -0.39 is 0 Å². The predicted octanol–water partition coefficient (Wildman–Crippen LogP) is 3.89. The maximum absolute atomic E-state index is 12.9. The smallest absolute Gasteiger partial charge is 0.251 e. The van der Waals surface area contributed by atoms with Crippen molar-refractivity contribution in [2.45, 2.75) is 39.8 Å². The Hall–Kier alpha value is -3.59. The van der Waals surface area contributed by atoms with Crippen LogP contribution in [0, 0.1) is 6.92 Å². The van der Waals surface area contributed by atoms with E-state index >= 15 is 0 Å². The van der Waals surface area contributed by atoms with Gasteiger partial charge in [-0.25, -0.2) is 9.97 Å². The Labute approximate surface area is 189 Å². The lowest BCUT2D eigenvalue weighted by molar-refractivity contribution is -0.114. The van der Waals surface area contributed by atoms with Gasteiger partial charge in [0.25, 0.3) is 5.91 Å². The van der Waals surface area contributed by atoms with Gasteiger partial charge in [-0.1, -0.05) is 6.07 Å². The van der Waals surface area contributed by atoms with Gasteiger partial charge >= 0.3 is 0 Å². The van der Waals surface area contributed by atoms with E-state index in [-0.39, 0.29) is 17.9 Å². The molecule has 0 aliphatic rings. The van der Waals surface area contributed by atoms with Gasteiger partial charge in [0.15, 0.2) is 0 Å². The molecule has 2 amide bonds. The normalized spacial score (nSPS) is 12.0. The molecular weight excluding hydrogens is 424 g/mol. The Morgan fingerprint density at radius 2 is 2.06 bits per heavy atom. The second-order valence-electron chi connectivity index (χ2n) is 7.60. The summed E-state index contributed by atoms with van der Waals surface area (Å²) in [4.78, 5) is 38.1. The molecule has 0 saturated carbocycles. The van der Waals surface area contributed by atoms with Crippen LogP contribution in [-0.4, -0.2) is 31.3 Å². The molecule has 0 fully saturated rings. The van der Waals surface area contributed by atoms with E-state index in [1.807, 2.05) is 42.0 Å². The highest BCUT2D eigenvalue weighted by atomic mass is 32.1. The van der Waals surface area contributed by atoms with Gasteiger partial charge in [-0.3, -0.25) is 14.6 Å². The first-order chi connectivity index (χ1) is 15.4. The van der Waals surface area contributed by atoms with Crippen molar-refractivity contribution >= 4 is 39.9 Å². The highest BCUT2D eigenvalue weighted by Crippen LogP contribution is 2.26. The molecule has 3 aromatic heterocycles. The molecule has 164 valence electrons. The van der Waals surface area contributed by atoms with Crippen LogP contribution in [0.1, 0.15) is 46.6 Å². The van der Waals surface area contributed by atoms with Crippen LogP contribution < -0.4 is 10.6 Å². The van der Waals surface area contributed by atoms with Gasteiger partial charge in [0.2, 0.25) is 5.91 Å². The Morgan fingerprint density at radius 3 is 2.75 bits per heavy atom. The summed E-state index contributed by atoms with van der Waals surface area (Å²) in [7, 11) is 0. The van der Waals surface area contributed by atoms with Crippen molar-refractivity contribution in [1.82, 2.24) is 24.8 Å². The fourth-order valence-electron chi connectivity index (χ4n) is 3.49. The number of anilines is 1. The number of carbonyl (C=O) groups excluding carboxylic acids is 2. The van der Waals surface area contributed by atoms with Gasteiger partial charge in [0.1, 0.15) is 5.01 Å². The molecule has 4 aromatic rings. The second-order valence-corrected chi connectivity index (χ2v) is 8.49. The molecule has 0 bridgehead atoms. The molecule has 0 unspecified atom stereocenters. The van der Waals surface area contributed by atoms with E-state index in [2.05, 4.69) is 25.6 Å². The Balaban J connectivity index is 1.61. The quantitative estimate of drug-likeness (QED) is 0.447. The number of aromatic nitrogens is 4. The van der Waals surface area contributed by atoms with Crippen LogP contribution in [0.25, 0.3) is 11.0 Å². The number of nitrogens with zero attached hydrogens (tertiary/aromatic N) is 4. The third-order valence-corrected chi connectivity index (χ3v) is 6.12. The molecule has 4 rings (SSSR count). The summed E-state index contributed by atoms with van der Waals surface area (Å²) in [6.07, 6.45) is 4.21. The Morgan fingerprint density at radius 1 is 1.22 bits per heavy atom.